The maximum atomic E-state index is 11.8. The van der Waals surface area contributed by atoms with Crippen molar-refractivity contribution in [2.24, 2.45) is 0 Å². The summed E-state index contributed by atoms with van der Waals surface area (Å²) in [7, 11) is 0. The van der Waals surface area contributed by atoms with Gasteiger partial charge in [0.15, 0.2) is 0 Å². The van der Waals surface area contributed by atoms with Crippen molar-refractivity contribution in [3.05, 3.63) is 23.9 Å². The standard InChI is InChI=1S/C13H16N2O4/c1-2-19-11(16)9-5-3-8-14-10(9)15-13(12(17)18)6-4-7-13/h3,5,8H,2,4,6-7H2,1H3,(H,14,15)(H,17,18). The van der Waals surface area contributed by atoms with Gasteiger partial charge in [-0.25, -0.2) is 14.6 Å². The number of aliphatic carboxylic acids is 1. The van der Waals surface area contributed by atoms with Gasteiger partial charge in [0.2, 0.25) is 0 Å². The van der Waals surface area contributed by atoms with Gasteiger partial charge in [-0.2, -0.15) is 0 Å². The fourth-order valence-corrected chi connectivity index (χ4v) is 2.03. The molecule has 2 N–H and O–H groups in total. The molecule has 0 radical (unpaired) electrons. The van der Waals surface area contributed by atoms with Crippen LogP contribution in [0.5, 0.6) is 0 Å². The molecule has 19 heavy (non-hydrogen) atoms. The molecule has 0 atom stereocenters. The Bertz CT molecular complexity index is 497. The highest BCUT2D eigenvalue weighted by molar-refractivity contribution is 5.96. The summed E-state index contributed by atoms with van der Waals surface area (Å²) in [5.74, 6) is -1.15. The van der Waals surface area contributed by atoms with Crippen molar-refractivity contribution in [1.29, 1.82) is 0 Å². The Balaban J connectivity index is 2.25. The molecule has 6 heteroatoms. The maximum Gasteiger partial charge on any atom is 0.341 e. The monoisotopic (exact) mass is 264 g/mol. The van der Waals surface area contributed by atoms with E-state index >= 15 is 0 Å². The second-order valence-electron chi connectivity index (χ2n) is 4.49. The molecule has 0 aliphatic heterocycles. The van der Waals surface area contributed by atoms with Gasteiger partial charge in [-0.15, -0.1) is 0 Å². The topological polar surface area (TPSA) is 88.5 Å². The van der Waals surface area contributed by atoms with Crippen LogP contribution in [0.4, 0.5) is 5.82 Å². The Morgan fingerprint density at radius 3 is 2.79 bits per heavy atom. The lowest BCUT2D eigenvalue weighted by molar-refractivity contribution is -0.145. The van der Waals surface area contributed by atoms with Crippen LogP contribution in [0.1, 0.15) is 36.5 Å². The van der Waals surface area contributed by atoms with E-state index in [1.165, 1.54) is 6.20 Å². The number of carbonyl (C=O) groups is 2. The lowest BCUT2D eigenvalue weighted by Gasteiger charge is -2.38. The first kappa shape index (κ1) is 13.3. The molecule has 0 saturated heterocycles. The van der Waals surface area contributed by atoms with Gasteiger partial charge in [-0.1, -0.05) is 0 Å². The zero-order valence-corrected chi connectivity index (χ0v) is 10.7. The van der Waals surface area contributed by atoms with Crippen LogP contribution in [0.25, 0.3) is 0 Å². The van der Waals surface area contributed by atoms with Crippen molar-refractivity contribution in [2.45, 2.75) is 31.7 Å². The molecule has 0 bridgehead atoms. The zero-order valence-electron chi connectivity index (χ0n) is 10.7. The summed E-state index contributed by atoms with van der Waals surface area (Å²) in [6, 6.07) is 3.19. The van der Waals surface area contributed by atoms with Crippen molar-refractivity contribution in [2.75, 3.05) is 11.9 Å². The number of carboxylic acid groups (broad SMARTS) is 1. The molecular formula is C13H16N2O4. The first-order valence-electron chi connectivity index (χ1n) is 6.23. The molecule has 1 aliphatic carbocycles. The van der Waals surface area contributed by atoms with Crippen LogP contribution in [-0.2, 0) is 9.53 Å². The maximum absolute atomic E-state index is 11.8. The van der Waals surface area contributed by atoms with Gasteiger partial charge in [0.1, 0.15) is 16.9 Å². The summed E-state index contributed by atoms with van der Waals surface area (Å²) in [6.07, 6.45) is 3.42. The molecule has 1 aliphatic rings. The summed E-state index contributed by atoms with van der Waals surface area (Å²) in [4.78, 5) is 27.1. The van der Waals surface area contributed by atoms with Gasteiger partial charge in [0, 0.05) is 6.20 Å². The van der Waals surface area contributed by atoms with Crippen LogP contribution in [0.2, 0.25) is 0 Å². The first-order chi connectivity index (χ1) is 9.09. The van der Waals surface area contributed by atoms with Crippen molar-refractivity contribution in [1.82, 2.24) is 4.98 Å². The number of aromatic nitrogens is 1. The van der Waals surface area contributed by atoms with E-state index in [2.05, 4.69) is 10.3 Å². The molecule has 0 spiro atoms. The highest BCUT2D eigenvalue weighted by atomic mass is 16.5. The van der Waals surface area contributed by atoms with Crippen molar-refractivity contribution >= 4 is 17.8 Å². The molecule has 1 heterocycles. The number of esters is 1. The van der Waals surface area contributed by atoms with Gasteiger partial charge in [-0.05, 0) is 38.3 Å². The summed E-state index contributed by atoms with van der Waals surface area (Å²) in [6.45, 7) is 1.98. The van der Waals surface area contributed by atoms with Crippen molar-refractivity contribution in [3.63, 3.8) is 0 Å². The summed E-state index contributed by atoms with van der Waals surface area (Å²) >= 11 is 0. The normalized spacial score (nSPS) is 16.3. The second kappa shape index (κ2) is 5.26. The SMILES string of the molecule is CCOC(=O)c1cccnc1NC1(C(=O)O)CCC1. The third-order valence-corrected chi connectivity index (χ3v) is 3.28. The molecule has 2 rings (SSSR count). The Morgan fingerprint density at radius 2 is 2.26 bits per heavy atom. The van der Waals surface area contributed by atoms with Crippen LogP contribution in [0, 0.1) is 0 Å². The fraction of sp³-hybridized carbons (Fsp3) is 0.462. The minimum absolute atomic E-state index is 0.261. The average Bonchev–Trinajstić information content (AvgIpc) is 2.34. The summed E-state index contributed by atoms with van der Waals surface area (Å²) in [5, 5.41) is 12.2. The summed E-state index contributed by atoms with van der Waals surface area (Å²) in [5.41, 5.74) is -0.743. The number of carboxylic acids is 1. The number of carbonyl (C=O) groups excluding carboxylic acids is 1. The number of pyridine rings is 1. The number of rotatable bonds is 5. The number of hydrogen-bond acceptors (Lipinski definition) is 5. The minimum atomic E-state index is -1.00. The van der Waals surface area contributed by atoms with Gasteiger partial charge in [0.25, 0.3) is 0 Å². The fourth-order valence-electron chi connectivity index (χ4n) is 2.03. The molecule has 0 unspecified atom stereocenters. The van der Waals surface area contributed by atoms with Crippen LogP contribution < -0.4 is 5.32 Å². The van der Waals surface area contributed by atoms with E-state index in [4.69, 9.17) is 4.74 Å². The number of anilines is 1. The molecule has 6 nitrogen and oxygen atoms in total. The second-order valence-corrected chi connectivity index (χ2v) is 4.49. The van der Waals surface area contributed by atoms with E-state index in [1.807, 2.05) is 0 Å². The van der Waals surface area contributed by atoms with E-state index in [9.17, 15) is 14.7 Å². The van der Waals surface area contributed by atoms with Gasteiger partial charge < -0.3 is 15.2 Å². The third kappa shape index (κ3) is 2.52. The smallest absolute Gasteiger partial charge is 0.341 e. The van der Waals surface area contributed by atoms with Crippen LogP contribution >= 0.6 is 0 Å². The van der Waals surface area contributed by atoms with Gasteiger partial charge in [-0.3, -0.25) is 0 Å². The minimum Gasteiger partial charge on any atom is -0.480 e. The molecule has 0 amide bonds. The van der Waals surface area contributed by atoms with E-state index < -0.39 is 17.5 Å². The Morgan fingerprint density at radius 1 is 1.53 bits per heavy atom. The van der Waals surface area contributed by atoms with Gasteiger partial charge in [0.05, 0.1) is 6.61 Å². The Labute approximate surface area is 110 Å². The zero-order chi connectivity index (χ0) is 13.9. The lowest BCUT2D eigenvalue weighted by atomic mass is 9.76. The number of nitrogens with one attached hydrogen (secondary N) is 1. The van der Waals surface area contributed by atoms with E-state index in [1.54, 1.807) is 19.1 Å². The molecule has 1 fully saturated rings. The molecular weight excluding hydrogens is 248 g/mol. The summed E-state index contributed by atoms with van der Waals surface area (Å²) < 4.78 is 4.93. The predicted octanol–water partition coefficient (Wildman–Crippen LogP) is 1.68. The molecule has 0 aromatic carbocycles. The Hall–Kier alpha value is -2.11. The molecule has 1 aromatic heterocycles. The number of ether oxygens (including phenoxy) is 1. The molecule has 102 valence electrons. The molecule has 1 saturated carbocycles. The number of hydrogen-bond donors (Lipinski definition) is 2. The van der Waals surface area contributed by atoms with Crippen LogP contribution in [-0.4, -0.2) is 34.2 Å². The number of nitrogens with zero attached hydrogens (tertiary/aromatic N) is 1. The quantitative estimate of drug-likeness (QED) is 0.786. The first-order valence-corrected chi connectivity index (χ1v) is 6.23. The van der Waals surface area contributed by atoms with Crippen molar-refractivity contribution in [3.8, 4) is 0 Å². The Kier molecular flexibility index (Phi) is 3.69. The lowest BCUT2D eigenvalue weighted by Crippen LogP contribution is -2.52. The third-order valence-electron chi connectivity index (χ3n) is 3.28. The van der Waals surface area contributed by atoms with Crippen LogP contribution in [0.3, 0.4) is 0 Å². The molecule has 1 aromatic rings. The highest BCUT2D eigenvalue weighted by Crippen LogP contribution is 2.35. The van der Waals surface area contributed by atoms with E-state index in [0.29, 0.717) is 12.8 Å². The largest absolute Gasteiger partial charge is 0.480 e. The predicted molar refractivity (Wildman–Crippen MR) is 68.0 cm³/mol. The average molecular weight is 264 g/mol. The van der Waals surface area contributed by atoms with Crippen LogP contribution in [0.15, 0.2) is 18.3 Å². The van der Waals surface area contributed by atoms with E-state index in [-0.39, 0.29) is 18.0 Å². The van der Waals surface area contributed by atoms with Crippen molar-refractivity contribution < 1.29 is 19.4 Å². The highest BCUT2D eigenvalue weighted by Gasteiger charge is 2.45. The van der Waals surface area contributed by atoms with Gasteiger partial charge >= 0.3 is 11.9 Å². The van der Waals surface area contributed by atoms with E-state index in [0.717, 1.165) is 6.42 Å².